The molecule has 0 radical (unpaired) electrons. The summed E-state index contributed by atoms with van der Waals surface area (Å²) in [4.78, 5) is 68.5. The van der Waals surface area contributed by atoms with Gasteiger partial charge in [-0.15, -0.1) is 0 Å². The number of primary amides is 1. The summed E-state index contributed by atoms with van der Waals surface area (Å²) in [6, 6.07) is 33.7. The average Bonchev–Trinajstić information content (AvgIpc) is 4.22. The first-order valence-electron chi connectivity index (χ1n) is 21.5. The van der Waals surface area contributed by atoms with E-state index in [2.05, 4.69) is 16.3 Å². The van der Waals surface area contributed by atoms with Crippen LogP contribution in [0.1, 0.15) is 54.1 Å². The van der Waals surface area contributed by atoms with Gasteiger partial charge < -0.3 is 40.3 Å². The van der Waals surface area contributed by atoms with Crippen LogP contribution < -0.4 is 30.3 Å². The summed E-state index contributed by atoms with van der Waals surface area (Å²) in [5.41, 5.74) is 5.71. The molecule has 17 heteroatoms. The fourth-order valence-electron chi connectivity index (χ4n) is 9.47. The van der Waals surface area contributed by atoms with Gasteiger partial charge in [0.2, 0.25) is 11.8 Å². The topological polar surface area (TPSA) is 195 Å². The van der Waals surface area contributed by atoms with Crippen molar-refractivity contribution in [2.75, 3.05) is 24.0 Å². The molecule has 2 aliphatic carbocycles. The largest absolute Gasteiger partial charge is 0.497 e. The van der Waals surface area contributed by atoms with Gasteiger partial charge >= 0.3 is 5.97 Å². The van der Waals surface area contributed by atoms with Gasteiger partial charge in [0.25, 0.3) is 5.91 Å². The highest BCUT2D eigenvalue weighted by molar-refractivity contribution is 6.35. The van der Waals surface area contributed by atoms with E-state index in [1.165, 1.54) is 22.1 Å². The molecule has 0 spiro atoms. The fourth-order valence-corrected chi connectivity index (χ4v) is 9.98. The number of carboxylic acids is 1. The summed E-state index contributed by atoms with van der Waals surface area (Å²) < 4.78 is 10.8. The molecule has 4 aliphatic rings. The van der Waals surface area contributed by atoms with Crippen molar-refractivity contribution in [3.05, 3.63) is 159 Å². The summed E-state index contributed by atoms with van der Waals surface area (Å²) in [5.74, 6) is -1.20. The molecule has 4 N–H and O–H groups in total. The molecule has 3 unspecified atom stereocenters. The van der Waals surface area contributed by atoms with Crippen LogP contribution in [-0.4, -0.2) is 75.7 Å². The van der Waals surface area contributed by atoms with E-state index in [9.17, 15) is 29.5 Å². The smallest absolute Gasteiger partial charge is 0.353 e. The molecule has 15 nitrogen and oxygen atoms in total. The van der Waals surface area contributed by atoms with Gasteiger partial charge in [-0.3, -0.25) is 19.3 Å². The van der Waals surface area contributed by atoms with Crippen LogP contribution in [0.5, 0.6) is 11.5 Å². The summed E-state index contributed by atoms with van der Waals surface area (Å²) in [7, 11) is 3.24. The number of ether oxygens (including phenoxy) is 2. The van der Waals surface area contributed by atoms with Crippen LogP contribution in [-0.2, 0) is 44.2 Å². The van der Waals surface area contributed by atoms with Gasteiger partial charge in [-0.05, 0) is 110 Å². The molecule has 3 fully saturated rings. The molecule has 67 heavy (non-hydrogen) atoms. The van der Waals surface area contributed by atoms with Gasteiger partial charge in [0.1, 0.15) is 34.0 Å². The van der Waals surface area contributed by atoms with E-state index in [0.717, 1.165) is 22.6 Å². The first kappa shape index (κ1) is 44.9. The number of aliphatic carboxylic acids is 1. The monoisotopic (exact) mass is 940 g/mol. The predicted molar refractivity (Wildman–Crippen MR) is 250 cm³/mol. The Labute approximate surface area is 396 Å². The van der Waals surface area contributed by atoms with Gasteiger partial charge in [0.05, 0.1) is 48.8 Å². The van der Waals surface area contributed by atoms with Crippen molar-refractivity contribution >= 4 is 58.4 Å². The van der Waals surface area contributed by atoms with Crippen LogP contribution in [0.3, 0.4) is 0 Å². The first-order chi connectivity index (χ1) is 32.1. The fraction of sp³-hybridized carbons (Fsp3) is 0.280. The number of amides is 3. The van der Waals surface area contributed by atoms with Crippen LogP contribution in [0.25, 0.3) is 0 Å². The number of nitrogens with zero attached hydrogens (tertiary/aromatic N) is 6. The molecule has 4 atom stereocenters. The number of anilines is 2. The Hall–Kier alpha value is -7.28. The second kappa shape index (κ2) is 17.2. The van der Waals surface area contributed by atoms with Crippen LogP contribution in [0.15, 0.2) is 121 Å². The molecule has 5 aromatic rings. The second-order valence-electron chi connectivity index (χ2n) is 17.6. The molecule has 0 bridgehead atoms. The molecule has 342 valence electrons. The minimum Gasteiger partial charge on any atom is -0.497 e. The zero-order valence-corrected chi connectivity index (χ0v) is 38.3. The van der Waals surface area contributed by atoms with Crippen LogP contribution in [0.4, 0.5) is 11.5 Å². The minimum absolute atomic E-state index is 0.0373. The van der Waals surface area contributed by atoms with Crippen molar-refractivity contribution in [3.63, 3.8) is 0 Å². The molecule has 4 aromatic carbocycles. The third-order valence-corrected chi connectivity index (χ3v) is 13.7. The zero-order chi connectivity index (χ0) is 47.4. The van der Waals surface area contributed by atoms with Crippen molar-refractivity contribution < 1.29 is 33.8 Å². The molecule has 3 heterocycles. The Balaban J connectivity index is 1.03. The second-order valence-corrected chi connectivity index (χ2v) is 18.4. The van der Waals surface area contributed by atoms with Gasteiger partial charge in [-0.25, -0.2) is 9.78 Å². The SMILES string of the molecule is COc1ccc(CN(Cc2ccc(OC)cc2)c2cccc(C3(NC(=O)C4(C(N)=O)CC4N4C=C(C(=O)O)N5C4N(c4cc(Cl)cc(Cl)c4)C(=O)[C@@]5(C)Cc4ccc(C#N)cc4)CC3)n2)cc1. The molecule has 1 saturated heterocycles. The Kier molecular flexibility index (Phi) is 11.5. The maximum absolute atomic E-state index is 15.0. The van der Waals surface area contributed by atoms with Crippen LogP contribution in [0, 0.1) is 16.7 Å². The quantitative estimate of drug-likeness (QED) is 0.0887. The van der Waals surface area contributed by atoms with E-state index in [1.54, 1.807) is 62.4 Å². The normalized spacial score (nSPS) is 22.1. The van der Waals surface area contributed by atoms with Gasteiger partial charge in [-0.1, -0.05) is 65.7 Å². The lowest BCUT2D eigenvalue weighted by Gasteiger charge is -2.37. The summed E-state index contributed by atoms with van der Waals surface area (Å²) in [5, 5.41) is 23.8. The molecule has 1 aromatic heterocycles. The van der Waals surface area contributed by atoms with Crippen molar-refractivity contribution in [1.29, 1.82) is 5.26 Å². The number of halogens is 2. The first-order valence-corrected chi connectivity index (χ1v) is 22.3. The average molecular weight is 942 g/mol. The van der Waals surface area contributed by atoms with Crippen molar-refractivity contribution in [2.45, 2.75) is 69.1 Å². The number of carbonyl (C=O) groups is 4. The number of nitriles is 1. The van der Waals surface area contributed by atoms with E-state index in [-0.39, 0.29) is 34.3 Å². The Morgan fingerprint density at radius 2 is 1.48 bits per heavy atom. The molecular formula is C50H46Cl2N8O7. The number of methoxy groups -OCH3 is 2. The highest BCUT2D eigenvalue weighted by Gasteiger charge is 2.73. The summed E-state index contributed by atoms with van der Waals surface area (Å²) in [6.45, 7) is 2.65. The maximum Gasteiger partial charge on any atom is 0.353 e. The highest BCUT2D eigenvalue weighted by Crippen LogP contribution is 2.57. The highest BCUT2D eigenvalue weighted by atomic mass is 35.5. The molecule has 2 saturated carbocycles. The Morgan fingerprint density at radius 1 is 0.896 bits per heavy atom. The standard InChI is InChI=1S/C50H46Cl2N8O7/c1-48(24-30-7-9-31(26-53)10-8-30)46(65)59(36-22-34(51)21-35(52)23-36)47-58(29-39(43(61)62)60(47)48)41-25-50(41,44(54)63)45(64)56-49(19-20-49)40-5-4-6-42(55-40)57(27-32-11-15-37(66-2)16-12-32)28-33-13-17-38(67-3)18-14-33/h4-18,21-23,29,41,47H,19-20,24-25,27-28H2,1-3H3,(H2,54,63)(H,56,64)(H,61,62)/t41?,47?,48-,50?/m1/s1. The van der Waals surface area contributed by atoms with Crippen LogP contribution in [0.2, 0.25) is 10.0 Å². The number of nitrogens with one attached hydrogen (secondary N) is 1. The lowest BCUT2D eigenvalue weighted by atomic mass is 9.90. The number of aromatic nitrogens is 1. The number of carbonyl (C=O) groups excluding carboxylic acids is 3. The number of fused-ring (bicyclic) bond motifs is 1. The number of hydrogen-bond acceptors (Lipinski definition) is 11. The third-order valence-electron chi connectivity index (χ3n) is 13.3. The van der Waals surface area contributed by atoms with Crippen molar-refractivity contribution in [2.24, 2.45) is 11.1 Å². The summed E-state index contributed by atoms with van der Waals surface area (Å²) >= 11 is 13.0. The van der Waals surface area contributed by atoms with Crippen molar-refractivity contribution in [1.82, 2.24) is 20.1 Å². The maximum atomic E-state index is 15.0. The van der Waals surface area contributed by atoms with Gasteiger partial charge in [0, 0.05) is 35.8 Å². The van der Waals surface area contributed by atoms with Crippen LogP contribution >= 0.6 is 23.2 Å². The number of rotatable bonds is 16. The number of benzene rings is 4. The molecular weight excluding hydrogens is 896 g/mol. The van der Waals surface area contributed by atoms with E-state index in [4.69, 9.17) is 43.4 Å². The van der Waals surface area contributed by atoms with E-state index >= 15 is 0 Å². The number of hydrogen-bond donors (Lipinski definition) is 3. The number of carboxylic acid groups (broad SMARTS) is 1. The summed E-state index contributed by atoms with van der Waals surface area (Å²) in [6.07, 6.45) is 1.26. The lowest BCUT2D eigenvalue weighted by Crippen LogP contribution is -2.53. The lowest BCUT2D eigenvalue weighted by molar-refractivity contribution is -0.138. The zero-order valence-electron chi connectivity index (χ0n) is 36.8. The van der Waals surface area contributed by atoms with E-state index in [1.807, 2.05) is 66.7 Å². The third kappa shape index (κ3) is 8.10. The minimum atomic E-state index is -1.81. The molecule has 2 aliphatic heterocycles. The van der Waals surface area contributed by atoms with E-state index < -0.39 is 52.5 Å². The molecule has 9 rings (SSSR count). The number of pyridine rings is 1. The van der Waals surface area contributed by atoms with Gasteiger partial charge in [0.15, 0.2) is 6.29 Å². The van der Waals surface area contributed by atoms with Crippen molar-refractivity contribution in [3.8, 4) is 17.6 Å². The Morgan fingerprint density at radius 3 is 2.00 bits per heavy atom. The number of nitrogens with two attached hydrogens (primary N) is 1. The predicted octanol–water partition coefficient (Wildman–Crippen LogP) is 6.71. The Bertz CT molecular complexity index is 2800. The van der Waals surface area contributed by atoms with Gasteiger partial charge in [-0.2, -0.15) is 5.26 Å². The molecule has 3 amide bonds. The van der Waals surface area contributed by atoms with E-state index in [0.29, 0.717) is 48.6 Å².